The van der Waals surface area contributed by atoms with E-state index in [0.29, 0.717) is 6.04 Å². The van der Waals surface area contributed by atoms with Crippen molar-refractivity contribution >= 4 is 11.3 Å². The summed E-state index contributed by atoms with van der Waals surface area (Å²) in [4.78, 5) is 15.1. The van der Waals surface area contributed by atoms with Crippen LogP contribution in [-0.2, 0) is 13.0 Å². The molecule has 0 spiro atoms. The average molecular weight is 350 g/mol. The predicted octanol–water partition coefficient (Wildman–Crippen LogP) is 2.71. The van der Waals surface area contributed by atoms with Crippen LogP contribution in [0.5, 0.6) is 0 Å². The van der Waals surface area contributed by atoms with Gasteiger partial charge in [0.2, 0.25) is 5.89 Å². The Hall–Kier alpha value is -1.31. The smallest absolute Gasteiger partial charge is 0.229 e. The zero-order valence-electron chi connectivity index (χ0n) is 15.0. The lowest BCUT2D eigenvalue weighted by Gasteiger charge is -2.23. The molecule has 3 rings (SSSR count). The lowest BCUT2D eigenvalue weighted by atomic mass is 10.2. The molecule has 0 aromatic carbocycles. The van der Waals surface area contributed by atoms with Gasteiger partial charge in [-0.15, -0.1) is 11.3 Å². The minimum absolute atomic E-state index is 0.286. The molecule has 0 amide bonds. The summed E-state index contributed by atoms with van der Waals surface area (Å²) in [6, 6.07) is 0.563. The van der Waals surface area contributed by atoms with Gasteiger partial charge in [0.1, 0.15) is 0 Å². The molecular weight excluding hydrogens is 322 g/mol. The third-order valence-electron chi connectivity index (χ3n) is 4.74. The Bertz CT molecular complexity index is 653. The second-order valence-electron chi connectivity index (χ2n) is 6.97. The number of hydrogen-bond acceptors (Lipinski definition) is 7. The molecular formula is C17H27N5OS. The molecule has 1 aliphatic rings. The largest absolute Gasteiger partial charge is 0.339 e. The van der Waals surface area contributed by atoms with Gasteiger partial charge in [-0.2, -0.15) is 4.98 Å². The number of likely N-dealkylation sites (N-methyl/N-ethyl adjacent to an activating group) is 1. The highest BCUT2D eigenvalue weighted by Gasteiger charge is 2.26. The van der Waals surface area contributed by atoms with Crippen LogP contribution >= 0.6 is 11.3 Å². The van der Waals surface area contributed by atoms with Gasteiger partial charge in [0.25, 0.3) is 0 Å². The van der Waals surface area contributed by atoms with E-state index in [1.165, 1.54) is 17.0 Å². The van der Waals surface area contributed by atoms with E-state index in [9.17, 15) is 0 Å². The lowest BCUT2D eigenvalue weighted by Crippen LogP contribution is -2.34. The van der Waals surface area contributed by atoms with Crippen LogP contribution in [0.15, 0.2) is 10.0 Å². The summed E-state index contributed by atoms with van der Waals surface area (Å²) < 4.78 is 5.30. The van der Waals surface area contributed by atoms with Crippen molar-refractivity contribution < 1.29 is 4.52 Å². The molecule has 0 aliphatic carbocycles. The Kier molecular flexibility index (Phi) is 5.63. The van der Waals surface area contributed by atoms with Gasteiger partial charge in [-0.3, -0.25) is 4.90 Å². The van der Waals surface area contributed by atoms with Crippen molar-refractivity contribution in [2.24, 2.45) is 0 Å². The first-order valence-electron chi connectivity index (χ1n) is 8.67. The second-order valence-corrected chi connectivity index (χ2v) is 7.91. The van der Waals surface area contributed by atoms with Crippen LogP contribution < -0.4 is 0 Å². The van der Waals surface area contributed by atoms with E-state index in [4.69, 9.17) is 4.52 Å². The molecule has 1 fully saturated rings. The standard InChI is InChI=1S/C17H27N5OS/c1-12(2)17-19-16(20-23-17)10-21(4)14-5-7-22(9-14)8-6-15-13(3)18-11-24-15/h11-12,14H,5-10H2,1-4H3. The Morgan fingerprint density at radius 3 is 2.96 bits per heavy atom. The molecule has 1 aliphatic heterocycles. The SMILES string of the molecule is Cc1ncsc1CCN1CCC(N(C)Cc2noc(C(C)C)n2)C1. The summed E-state index contributed by atoms with van der Waals surface area (Å²) in [5, 5.41) is 4.10. The Morgan fingerprint density at radius 1 is 1.46 bits per heavy atom. The topological polar surface area (TPSA) is 58.3 Å². The average Bonchev–Trinajstić information content (AvgIpc) is 3.25. The highest BCUT2D eigenvalue weighted by Crippen LogP contribution is 2.19. The van der Waals surface area contributed by atoms with Crippen molar-refractivity contribution in [1.82, 2.24) is 24.9 Å². The van der Waals surface area contributed by atoms with Gasteiger partial charge in [0, 0.05) is 29.9 Å². The van der Waals surface area contributed by atoms with Crippen molar-refractivity contribution in [2.45, 2.75) is 52.1 Å². The number of likely N-dealkylation sites (tertiary alicyclic amines) is 1. The van der Waals surface area contributed by atoms with Crippen LogP contribution in [0.3, 0.4) is 0 Å². The number of hydrogen-bond donors (Lipinski definition) is 0. The maximum atomic E-state index is 5.30. The molecule has 0 radical (unpaired) electrons. The molecule has 24 heavy (non-hydrogen) atoms. The van der Waals surface area contributed by atoms with Crippen LogP contribution in [0.4, 0.5) is 0 Å². The fourth-order valence-electron chi connectivity index (χ4n) is 3.12. The second kappa shape index (κ2) is 7.72. The monoisotopic (exact) mass is 349 g/mol. The normalized spacial score (nSPS) is 19.0. The highest BCUT2D eigenvalue weighted by molar-refractivity contribution is 7.09. The number of thiazole rings is 1. The van der Waals surface area contributed by atoms with Crippen molar-refractivity contribution in [3.05, 3.63) is 27.8 Å². The summed E-state index contributed by atoms with van der Waals surface area (Å²) >= 11 is 1.77. The van der Waals surface area contributed by atoms with E-state index in [2.05, 4.69) is 52.7 Å². The van der Waals surface area contributed by atoms with Gasteiger partial charge in [0.05, 0.1) is 17.7 Å². The first-order valence-corrected chi connectivity index (χ1v) is 9.55. The maximum absolute atomic E-state index is 5.30. The molecule has 0 N–H and O–H groups in total. The van der Waals surface area contributed by atoms with Crippen LogP contribution in [0.1, 0.15) is 48.5 Å². The van der Waals surface area contributed by atoms with Crippen LogP contribution in [-0.4, -0.2) is 57.6 Å². The van der Waals surface area contributed by atoms with E-state index in [0.717, 1.165) is 44.3 Å². The van der Waals surface area contributed by atoms with Gasteiger partial charge in [-0.25, -0.2) is 4.98 Å². The highest BCUT2D eigenvalue weighted by atomic mass is 32.1. The summed E-state index contributed by atoms with van der Waals surface area (Å²) in [7, 11) is 2.16. The van der Waals surface area contributed by atoms with Gasteiger partial charge >= 0.3 is 0 Å². The third-order valence-corrected chi connectivity index (χ3v) is 5.73. The molecule has 6 nitrogen and oxygen atoms in total. The fourth-order valence-corrected chi connectivity index (χ4v) is 3.89. The van der Waals surface area contributed by atoms with E-state index in [1.54, 1.807) is 11.3 Å². The molecule has 3 heterocycles. The minimum Gasteiger partial charge on any atom is -0.339 e. The molecule has 1 atom stereocenters. The maximum Gasteiger partial charge on any atom is 0.229 e. The molecule has 0 bridgehead atoms. The van der Waals surface area contributed by atoms with Crippen molar-refractivity contribution in [3.8, 4) is 0 Å². The molecule has 132 valence electrons. The summed E-state index contributed by atoms with van der Waals surface area (Å²) in [5.41, 5.74) is 3.13. The molecule has 1 saturated heterocycles. The Labute approximate surface area is 147 Å². The van der Waals surface area contributed by atoms with Crippen molar-refractivity contribution in [3.63, 3.8) is 0 Å². The number of nitrogens with zero attached hydrogens (tertiary/aromatic N) is 5. The summed E-state index contributed by atoms with van der Waals surface area (Å²) in [6.07, 6.45) is 2.31. The molecule has 0 saturated carbocycles. The predicted molar refractivity (Wildman–Crippen MR) is 95.3 cm³/mol. The first-order chi connectivity index (χ1) is 11.5. The first kappa shape index (κ1) is 17.5. The van der Waals surface area contributed by atoms with Crippen molar-refractivity contribution in [2.75, 3.05) is 26.7 Å². The fraction of sp³-hybridized carbons (Fsp3) is 0.706. The zero-order valence-corrected chi connectivity index (χ0v) is 15.8. The summed E-state index contributed by atoms with van der Waals surface area (Å²) in [6.45, 7) is 10.4. The van der Waals surface area contributed by atoms with Gasteiger partial charge < -0.3 is 9.42 Å². The molecule has 2 aromatic heterocycles. The van der Waals surface area contributed by atoms with Gasteiger partial charge in [-0.1, -0.05) is 19.0 Å². The van der Waals surface area contributed by atoms with Crippen LogP contribution in [0.25, 0.3) is 0 Å². The molecule has 7 heteroatoms. The van der Waals surface area contributed by atoms with E-state index in [1.807, 2.05) is 5.51 Å². The Balaban J connectivity index is 1.46. The van der Waals surface area contributed by atoms with Crippen LogP contribution in [0, 0.1) is 6.92 Å². The van der Waals surface area contributed by atoms with E-state index < -0.39 is 0 Å². The lowest BCUT2D eigenvalue weighted by molar-refractivity contribution is 0.218. The molecule has 2 aromatic rings. The minimum atomic E-state index is 0.286. The van der Waals surface area contributed by atoms with E-state index >= 15 is 0 Å². The van der Waals surface area contributed by atoms with Gasteiger partial charge in [0.15, 0.2) is 5.82 Å². The number of aromatic nitrogens is 3. The number of rotatable bonds is 7. The quantitative estimate of drug-likeness (QED) is 0.766. The number of aryl methyl sites for hydroxylation is 1. The zero-order chi connectivity index (χ0) is 17.1. The Morgan fingerprint density at radius 2 is 2.29 bits per heavy atom. The third kappa shape index (κ3) is 4.20. The van der Waals surface area contributed by atoms with Gasteiger partial charge in [-0.05, 0) is 33.4 Å². The van der Waals surface area contributed by atoms with E-state index in [-0.39, 0.29) is 5.92 Å². The van der Waals surface area contributed by atoms with Crippen LogP contribution in [0.2, 0.25) is 0 Å². The van der Waals surface area contributed by atoms with Crippen molar-refractivity contribution in [1.29, 1.82) is 0 Å². The summed E-state index contributed by atoms with van der Waals surface area (Å²) in [5.74, 6) is 1.81. The molecule has 1 unspecified atom stereocenters.